The van der Waals surface area contributed by atoms with Gasteiger partial charge in [0.2, 0.25) is 0 Å². The Morgan fingerprint density at radius 2 is 1.08 bits per heavy atom. The Hall–Kier alpha value is -6.81. The van der Waals surface area contributed by atoms with Gasteiger partial charge in [0.25, 0.3) is 0 Å². The number of hydrogen-bond acceptors (Lipinski definition) is 3. The van der Waals surface area contributed by atoms with Gasteiger partial charge < -0.3 is 13.7 Å². The van der Waals surface area contributed by atoms with Crippen LogP contribution in [0.5, 0.6) is 11.5 Å². The maximum absolute atomic E-state index is 6.72. The molecule has 0 aliphatic heterocycles. The Morgan fingerprint density at radius 1 is 0.484 bits per heavy atom. The number of rotatable bonds is 6. The van der Waals surface area contributed by atoms with Crippen molar-refractivity contribution in [2.75, 3.05) is 0 Å². The molecule has 0 spiro atoms. The van der Waals surface area contributed by atoms with Crippen molar-refractivity contribution in [3.63, 3.8) is 0 Å². The summed E-state index contributed by atoms with van der Waals surface area (Å²) in [6.45, 7) is 13.3. The molecule has 0 N–H and O–H groups in total. The summed E-state index contributed by atoms with van der Waals surface area (Å²) < 4.78 is 11.3. The minimum absolute atomic E-state index is 0. The number of pyridine rings is 2. The van der Waals surface area contributed by atoms with E-state index in [0.29, 0.717) is 11.5 Å². The van der Waals surface area contributed by atoms with Crippen molar-refractivity contribution < 1.29 is 25.8 Å². The van der Waals surface area contributed by atoms with Gasteiger partial charge >= 0.3 is 21.1 Å². The Morgan fingerprint density at radius 3 is 1.76 bits per heavy atom. The normalized spacial score (nSPS) is 11.6. The zero-order valence-corrected chi connectivity index (χ0v) is 37.6. The van der Waals surface area contributed by atoms with Crippen LogP contribution in [0, 0.1) is 53.7 Å². The van der Waals surface area contributed by atoms with Gasteiger partial charge in [0.15, 0.2) is 0 Å². The van der Waals surface area contributed by atoms with Crippen LogP contribution in [-0.2, 0) is 21.1 Å². The summed E-state index contributed by atoms with van der Waals surface area (Å²) >= 11 is 0. The summed E-state index contributed by atoms with van der Waals surface area (Å²) in [5, 5.41) is 5.29. The number of imidazole rings is 1. The van der Waals surface area contributed by atoms with Crippen LogP contribution in [0.15, 0.2) is 146 Å². The largest absolute Gasteiger partial charge is 2.00 e. The minimum atomic E-state index is 0. The van der Waals surface area contributed by atoms with Crippen LogP contribution in [0.2, 0.25) is 0 Å². The second-order valence-electron chi connectivity index (χ2n) is 16.3. The molecule has 0 aliphatic carbocycles. The third kappa shape index (κ3) is 6.09. The van der Waals surface area contributed by atoms with Crippen LogP contribution in [0.4, 0.5) is 0 Å². The van der Waals surface area contributed by atoms with Crippen molar-refractivity contribution in [3.8, 4) is 50.8 Å². The zero-order chi connectivity index (χ0) is 41.5. The van der Waals surface area contributed by atoms with Crippen LogP contribution in [0.1, 0.15) is 33.4 Å². The molecule has 0 bridgehead atoms. The molecule has 0 saturated carbocycles. The van der Waals surface area contributed by atoms with E-state index in [1.54, 1.807) is 0 Å². The first-order valence-electron chi connectivity index (χ1n) is 20.8. The summed E-state index contributed by atoms with van der Waals surface area (Å²) in [5.41, 5.74) is 18.4. The van der Waals surface area contributed by atoms with E-state index in [-0.39, 0.29) is 21.1 Å². The summed E-state index contributed by atoms with van der Waals surface area (Å²) in [7, 11) is 0. The molecular weight excluding hydrogens is 940 g/mol. The van der Waals surface area contributed by atoms with Crippen LogP contribution in [0.3, 0.4) is 0 Å². The third-order valence-electron chi connectivity index (χ3n) is 12.5. The average Bonchev–Trinajstić information content (AvgIpc) is 3.84. The van der Waals surface area contributed by atoms with Gasteiger partial charge in [-0.15, -0.1) is 29.7 Å². The average molecular weight is 982 g/mol. The van der Waals surface area contributed by atoms with Gasteiger partial charge in [0.05, 0.1) is 11.3 Å². The van der Waals surface area contributed by atoms with Crippen molar-refractivity contribution in [3.05, 3.63) is 191 Å². The predicted octanol–water partition coefficient (Wildman–Crippen LogP) is 14.4. The first-order chi connectivity index (χ1) is 29.8. The molecule has 5 nitrogen and oxygen atoms in total. The predicted molar refractivity (Wildman–Crippen MR) is 251 cm³/mol. The maximum atomic E-state index is 6.72. The molecular formula is C56H42N4OPt. The summed E-state index contributed by atoms with van der Waals surface area (Å²) in [6.07, 6.45) is 3.87. The van der Waals surface area contributed by atoms with E-state index < -0.39 is 0 Å². The standard InChI is InChI=1S/C56H42N4O.Pt/c1-33-14-11-15-34(2)51(33)45-28-27-44-41-25-23-39(61-40-24-26-43-42-20-7-8-21-47(42)59(48(43)31-40)50-22-9-10-29-57-50)30-46(41)56-58-32-49(52-35(3)16-12-17-36(52)4)60(56)55(44)54(45)53-37(5)18-13-19-38(53)6;/h7-29,32H,1-6H3;/q-2;+2. The van der Waals surface area contributed by atoms with Gasteiger partial charge in [-0.05, 0) is 121 Å². The van der Waals surface area contributed by atoms with E-state index in [1.165, 1.54) is 61.2 Å². The smallest absolute Gasteiger partial charge is 0.503 e. The number of ether oxygens (including phenoxy) is 1. The molecule has 11 aromatic rings. The van der Waals surface area contributed by atoms with Gasteiger partial charge in [-0.1, -0.05) is 113 Å². The molecule has 0 amide bonds. The molecule has 4 aromatic heterocycles. The molecule has 4 heterocycles. The molecule has 7 aromatic carbocycles. The van der Waals surface area contributed by atoms with E-state index >= 15 is 0 Å². The molecule has 0 aliphatic rings. The first kappa shape index (κ1) is 39.3. The van der Waals surface area contributed by atoms with Crippen molar-refractivity contribution >= 4 is 49.1 Å². The van der Waals surface area contributed by atoms with Crippen molar-refractivity contribution in [1.82, 2.24) is 18.9 Å². The van der Waals surface area contributed by atoms with Crippen LogP contribution >= 0.6 is 0 Å². The van der Waals surface area contributed by atoms with E-state index in [9.17, 15) is 0 Å². The maximum Gasteiger partial charge on any atom is 2.00 e. The van der Waals surface area contributed by atoms with Crippen molar-refractivity contribution in [1.29, 1.82) is 0 Å². The first-order valence-corrected chi connectivity index (χ1v) is 20.8. The number of nitrogens with zero attached hydrogens (tertiary/aromatic N) is 4. The fourth-order valence-electron chi connectivity index (χ4n) is 9.81. The molecule has 0 saturated heterocycles. The molecule has 62 heavy (non-hydrogen) atoms. The van der Waals surface area contributed by atoms with Gasteiger partial charge in [0, 0.05) is 46.1 Å². The van der Waals surface area contributed by atoms with Crippen molar-refractivity contribution in [2.24, 2.45) is 0 Å². The number of aromatic nitrogens is 4. The minimum Gasteiger partial charge on any atom is -0.503 e. The quantitative estimate of drug-likeness (QED) is 0.123. The fourth-order valence-corrected chi connectivity index (χ4v) is 9.81. The summed E-state index contributed by atoms with van der Waals surface area (Å²) in [6, 6.07) is 54.4. The van der Waals surface area contributed by atoms with Gasteiger partial charge in [-0.3, -0.25) is 4.98 Å². The van der Waals surface area contributed by atoms with Gasteiger partial charge in [-0.2, -0.15) is 6.07 Å². The van der Waals surface area contributed by atoms with E-state index in [4.69, 9.17) is 14.7 Å². The topological polar surface area (TPSA) is 44.3 Å². The molecule has 0 fully saturated rings. The number of fused-ring (bicyclic) bond motifs is 9. The van der Waals surface area contributed by atoms with Gasteiger partial charge in [-0.25, -0.2) is 4.98 Å². The van der Waals surface area contributed by atoms with Crippen LogP contribution in [0.25, 0.3) is 88.5 Å². The van der Waals surface area contributed by atoms with Gasteiger partial charge in [0.1, 0.15) is 5.82 Å². The number of benzene rings is 7. The third-order valence-corrected chi connectivity index (χ3v) is 12.5. The Bertz CT molecular complexity index is 3520. The molecule has 0 radical (unpaired) electrons. The number of para-hydroxylation sites is 1. The summed E-state index contributed by atoms with van der Waals surface area (Å²) in [5.74, 6) is 2.01. The Kier molecular flexibility index (Phi) is 9.69. The monoisotopic (exact) mass is 981 g/mol. The second kappa shape index (κ2) is 15.3. The van der Waals surface area contributed by atoms with Crippen molar-refractivity contribution in [2.45, 2.75) is 41.5 Å². The number of hydrogen-bond donors (Lipinski definition) is 0. The second-order valence-corrected chi connectivity index (χ2v) is 16.3. The molecule has 0 unspecified atom stereocenters. The SMILES string of the molecule is Cc1cccc(C)c1-c1ccc2c3ccc(Oc4[c-]c5c(cc4)c4ccccc4n5-c4ccccn4)[c-]c3c3ncc(-c4c(C)cccc4C)n3c2c1-c1c(C)cccc1C.[Pt+2]. The van der Waals surface area contributed by atoms with Crippen LogP contribution < -0.4 is 4.74 Å². The fraction of sp³-hybridized carbons (Fsp3) is 0.107. The number of aryl methyl sites for hydroxylation is 6. The van der Waals surface area contributed by atoms with Crippen LogP contribution in [-0.4, -0.2) is 18.9 Å². The zero-order valence-electron chi connectivity index (χ0n) is 35.4. The molecule has 302 valence electrons. The van der Waals surface area contributed by atoms with E-state index in [0.717, 1.165) is 60.6 Å². The van der Waals surface area contributed by atoms with E-state index in [1.807, 2.05) is 42.7 Å². The molecule has 6 heteroatoms. The summed E-state index contributed by atoms with van der Waals surface area (Å²) in [4.78, 5) is 10.00. The molecule has 11 rings (SSSR count). The molecule has 0 atom stereocenters. The van der Waals surface area contributed by atoms with E-state index in [2.05, 4.69) is 166 Å². The Balaban J connectivity index is 0.00000458. The Labute approximate surface area is 375 Å².